The van der Waals surface area contributed by atoms with E-state index >= 15 is 0 Å². The van der Waals surface area contributed by atoms with E-state index in [1.165, 1.54) is 6.08 Å². The number of carboxylic acids is 1. The van der Waals surface area contributed by atoms with Gasteiger partial charge in [-0.3, -0.25) is 0 Å². The highest BCUT2D eigenvalue weighted by Gasteiger charge is 2.13. The summed E-state index contributed by atoms with van der Waals surface area (Å²) in [6.07, 6.45) is 1.35. The van der Waals surface area contributed by atoms with E-state index in [4.69, 9.17) is 20.4 Å². The lowest BCUT2D eigenvalue weighted by molar-refractivity contribution is -0.298. The van der Waals surface area contributed by atoms with Crippen molar-refractivity contribution < 1.29 is 18.7 Å². The Morgan fingerprint density at radius 1 is 1.15 bits per heavy atom. The number of hydrogen-bond acceptors (Lipinski definition) is 8. The van der Waals surface area contributed by atoms with Crippen LogP contribution in [0.4, 0.5) is 5.88 Å². The van der Waals surface area contributed by atoms with E-state index in [0.717, 1.165) is 11.8 Å². The number of benzene rings is 1. The SMILES string of the molecule is CN(C)c1ccc(/C=C(\Sc2nnc(-c3ccc(Cl)cc3)o2)C(=O)[O-])o1. The molecule has 3 aromatic rings. The van der Waals surface area contributed by atoms with Crippen molar-refractivity contribution in [1.82, 2.24) is 10.2 Å². The van der Waals surface area contributed by atoms with Crippen molar-refractivity contribution in [3.8, 4) is 11.5 Å². The predicted molar refractivity (Wildman–Crippen MR) is 96.6 cm³/mol. The second-order valence-corrected chi connectivity index (χ2v) is 6.78. The molecule has 0 aliphatic rings. The maximum absolute atomic E-state index is 11.4. The molecule has 0 aliphatic heterocycles. The molecule has 26 heavy (non-hydrogen) atoms. The Morgan fingerprint density at radius 2 is 1.88 bits per heavy atom. The van der Waals surface area contributed by atoms with Crippen LogP contribution in [0.3, 0.4) is 0 Å². The molecule has 9 heteroatoms. The molecular weight excluding hydrogens is 378 g/mol. The molecular formula is C17H13ClN3O4S-. The Balaban J connectivity index is 1.81. The molecule has 0 amide bonds. The van der Waals surface area contributed by atoms with Gasteiger partial charge in [0.1, 0.15) is 5.76 Å². The summed E-state index contributed by atoms with van der Waals surface area (Å²) < 4.78 is 11.0. The standard InChI is InChI=1S/C17H14ClN3O4S/c1-21(2)14-8-7-12(24-14)9-13(16(22)23)26-17-20-19-15(25-17)10-3-5-11(18)6-4-10/h3-9H,1-2H3,(H,22,23)/p-1/b13-9-. The molecule has 134 valence electrons. The summed E-state index contributed by atoms with van der Waals surface area (Å²) >= 11 is 6.63. The zero-order valence-electron chi connectivity index (χ0n) is 13.8. The van der Waals surface area contributed by atoms with Crippen molar-refractivity contribution in [3.05, 3.63) is 52.1 Å². The first-order chi connectivity index (χ1) is 12.4. The molecule has 0 bridgehead atoms. The molecule has 2 heterocycles. The highest BCUT2D eigenvalue weighted by atomic mass is 35.5. The van der Waals surface area contributed by atoms with Gasteiger partial charge in [0, 0.05) is 35.7 Å². The quantitative estimate of drug-likeness (QED) is 0.468. The minimum atomic E-state index is -1.37. The van der Waals surface area contributed by atoms with Gasteiger partial charge in [-0.05, 0) is 48.2 Å². The molecule has 0 aliphatic carbocycles. The highest BCUT2D eigenvalue weighted by Crippen LogP contribution is 2.30. The van der Waals surface area contributed by atoms with Crippen LogP contribution in [0, 0.1) is 0 Å². The van der Waals surface area contributed by atoms with Crippen molar-refractivity contribution in [2.75, 3.05) is 19.0 Å². The zero-order valence-corrected chi connectivity index (χ0v) is 15.4. The molecule has 2 aromatic heterocycles. The molecule has 0 spiro atoms. The van der Waals surface area contributed by atoms with Crippen LogP contribution in [0.15, 0.2) is 55.4 Å². The number of carboxylic acid groups (broad SMARTS) is 1. The third kappa shape index (κ3) is 4.27. The number of furan rings is 1. The smallest absolute Gasteiger partial charge is 0.281 e. The van der Waals surface area contributed by atoms with E-state index in [0.29, 0.717) is 22.2 Å². The van der Waals surface area contributed by atoms with Crippen LogP contribution in [-0.4, -0.2) is 30.3 Å². The molecule has 0 radical (unpaired) electrons. The number of rotatable bonds is 6. The van der Waals surface area contributed by atoms with Gasteiger partial charge in [0.2, 0.25) is 5.89 Å². The predicted octanol–water partition coefficient (Wildman–Crippen LogP) is 2.93. The van der Waals surface area contributed by atoms with Gasteiger partial charge in [0.05, 0.1) is 5.97 Å². The Labute approximate surface area is 158 Å². The largest absolute Gasteiger partial charge is 0.544 e. The minimum Gasteiger partial charge on any atom is -0.544 e. The lowest BCUT2D eigenvalue weighted by atomic mass is 10.2. The molecule has 0 atom stereocenters. The molecule has 0 saturated heterocycles. The lowest BCUT2D eigenvalue weighted by Crippen LogP contribution is -2.22. The summed E-state index contributed by atoms with van der Waals surface area (Å²) in [6, 6.07) is 10.2. The van der Waals surface area contributed by atoms with Gasteiger partial charge in [0.25, 0.3) is 5.22 Å². The van der Waals surface area contributed by atoms with Crippen LogP contribution in [0.25, 0.3) is 17.5 Å². The Kier molecular flexibility index (Phi) is 5.34. The zero-order chi connectivity index (χ0) is 18.7. The first-order valence-corrected chi connectivity index (χ1v) is 8.59. The summed E-state index contributed by atoms with van der Waals surface area (Å²) in [4.78, 5) is 13.1. The number of aliphatic carboxylic acids is 1. The van der Waals surface area contributed by atoms with Crippen LogP contribution >= 0.6 is 23.4 Å². The van der Waals surface area contributed by atoms with Crippen LogP contribution in [0.5, 0.6) is 0 Å². The minimum absolute atomic E-state index is 0.0739. The van der Waals surface area contributed by atoms with E-state index < -0.39 is 5.97 Å². The number of thioether (sulfide) groups is 1. The fourth-order valence-corrected chi connectivity index (χ4v) is 2.75. The second-order valence-electron chi connectivity index (χ2n) is 5.35. The van der Waals surface area contributed by atoms with E-state index in [-0.39, 0.29) is 16.0 Å². The maximum atomic E-state index is 11.4. The third-order valence-corrected chi connectivity index (χ3v) is 4.32. The third-order valence-electron chi connectivity index (χ3n) is 3.22. The van der Waals surface area contributed by atoms with Gasteiger partial charge >= 0.3 is 0 Å². The lowest BCUT2D eigenvalue weighted by Gasteiger charge is -2.07. The Morgan fingerprint density at radius 3 is 2.50 bits per heavy atom. The number of anilines is 1. The summed E-state index contributed by atoms with van der Waals surface area (Å²) in [5.41, 5.74) is 0.675. The van der Waals surface area contributed by atoms with Crippen LogP contribution < -0.4 is 10.0 Å². The fraction of sp³-hybridized carbons (Fsp3) is 0.118. The number of hydrogen-bond donors (Lipinski definition) is 0. The number of carbonyl (C=O) groups is 1. The highest BCUT2D eigenvalue weighted by molar-refractivity contribution is 8.03. The average molecular weight is 391 g/mol. The van der Waals surface area contributed by atoms with Crippen molar-refractivity contribution in [1.29, 1.82) is 0 Å². The average Bonchev–Trinajstić information content (AvgIpc) is 3.24. The molecule has 3 rings (SSSR count). The number of carbonyl (C=O) groups excluding carboxylic acids is 1. The second kappa shape index (κ2) is 7.67. The van der Waals surface area contributed by atoms with E-state index in [2.05, 4.69) is 10.2 Å². The first-order valence-electron chi connectivity index (χ1n) is 7.40. The monoisotopic (exact) mass is 390 g/mol. The van der Waals surface area contributed by atoms with Gasteiger partial charge in [-0.1, -0.05) is 11.6 Å². The summed E-state index contributed by atoms with van der Waals surface area (Å²) in [5, 5.41) is 19.8. The summed E-state index contributed by atoms with van der Waals surface area (Å²) in [6.45, 7) is 0. The van der Waals surface area contributed by atoms with E-state index in [1.54, 1.807) is 41.3 Å². The number of aromatic nitrogens is 2. The Hall–Kier alpha value is -2.71. The molecule has 7 nitrogen and oxygen atoms in total. The normalized spacial score (nSPS) is 11.6. The fourth-order valence-electron chi connectivity index (χ4n) is 1.97. The van der Waals surface area contributed by atoms with Gasteiger partial charge in [-0.25, -0.2) is 0 Å². The van der Waals surface area contributed by atoms with Gasteiger partial charge in [0.15, 0.2) is 5.88 Å². The van der Waals surface area contributed by atoms with Crippen molar-refractivity contribution >= 4 is 41.3 Å². The van der Waals surface area contributed by atoms with Crippen molar-refractivity contribution in [2.24, 2.45) is 0 Å². The first kappa shape index (κ1) is 18.1. The molecule has 0 saturated carbocycles. The van der Waals surface area contributed by atoms with Crippen LogP contribution in [-0.2, 0) is 4.79 Å². The number of nitrogens with zero attached hydrogens (tertiary/aromatic N) is 3. The van der Waals surface area contributed by atoms with Crippen LogP contribution in [0.1, 0.15) is 5.76 Å². The van der Waals surface area contributed by atoms with Crippen molar-refractivity contribution in [2.45, 2.75) is 5.22 Å². The van der Waals surface area contributed by atoms with Crippen molar-refractivity contribution in [3.63, 3.8) is 0 Å². The molecule has 0 unspecified atom stereocenters. The molecule has 0 N–H and O–H groups in total. The van der Waals surface area contributed by atoms with Gasteiger partial charge < -0.3 is 23.6 Å². The van der Waals surface area contributed by atoms with E-state index in [9.17, 15) is 9.90 Å². The van der Waals surface area contributed by atoms with E-state index in [1.807, 2.05) is 14.1 Å². The number of halogens is 1. The summed E-state index contributed by atoms with van der Waals surface area (Å²) in [7, 11) is 3.63. The topological polar surface area (TPSA) is 95.4 Å². The molecule has 1 aromatic carbocycles. The molecule has 0 fully saturated rings. The Bertz CT molecular complexity index is 947. The maximum Gasteiger partial charge on any atom is 0.281 e. The van der Waals surface area contributed by atoms with Gasteiger partial charge in [-0.15, -0.1) is 10.2 Å². The van der Waals surface area contributed by atoms with Gasteiger partial charge in [-0.2, -0.15) is 0 Å². The van der Waals surface area contributed by atoms with Crippen LogP contribution in [0.2, 0.25) is 5.02 Å². The summed E-state index contributed by atoms with van der Waals surface area (Å²) in [5.74, 6) is -0.140.